The quantitative estimate of drug-likeness (QED) is 0.666. The van der Waals surface area contributed by atoms with E-state index in [0.29, 0.717) is 5.28 Å². The Morgan fingerprint density at radius 3 is 2.38 bits per heavy atom. The maximum absolute atomic E-state index is 6.20. The largest absolute Gasteiger partial charge is 0.293 e. The van der Waals surface area contributed by atoms with Gasteiger partial charge in [-0.15, -0.1) is 0 Å². The number of halogens is 1. The third kappa shape index (κ3) is 3.18. The van der Waals surface area contributed by atoms with Gasteiger partial charge in [0.2, 0.25) is 5.28 Å². The average Bonchev–Trinajstić information content (AvgIpc) is 2.62. The molecule has 0 fully saturated rings. The van der Waals surface area contributed by atoms with Gasteiger partial charge in [-0.3, -0.25) is 4.90 Å². The molecule has 0 radical (unpaired) electrons. The Balaban J connectivity index is 1.64. The molecule has 0 atom stereocenters. The maximum Gasteiger partial charge on any atom is 0.223 e. The topological polar surface area (TPSA) is 29.0 Å². The molecule has 1 aliphatic heterocycles. The molecule has 0 aliphatic carbocycles. The zero-order chi connectivity index (χ0) is 16.4. The summed E-state index contributed by atoms with van der Waals surface area (Å²) in [6.45, 7) is 2.75. The van der Waals surface area contributed by atoms with E-state index in [0.717, 1.165) is 43.0 Å². The normalized spacial score (nSPS) is 14.4. The van der Waals surface area contributed by atoms with Crippen LogP contribution in [-0.2, 0) is 19.5 Å². The number of rotatable bonds is 3. The van der Waals surface area contributed by atoms with Crippen molar-refractivity contribution < 1.29 is 0 Å². The molecule has 0 amide bonds. The molecule has 0 saturated carbocycles. The number of nitrogens with zero attached hydrogens (tertiary/aromatic N) is 3. The van der Waals surface area contributed by atoms with Crippen LogP contribution < -0.4 is 0 Å². The van der Waals surface area contributed by atoms with Crippen molar-refractivity contribution >= 4 is 11.6 Å². The molecule has 0 spiro atoms. The summed E-state index contributed by atoms with van der Waals surface area (Å²) >= 11 is 6.20. The van der Waals surface area contributed by atoms with Crippen LogP contribution in [0.1, 0.15) is 16.8 Å². The first-order chi connectivity index (χ1) is 11.8. The van der Waals surface area contributed by atoms with Gasteiger partial charge in [0.25, 0.3) is 0 Å². The van der Waals surface area contributed by atoms with Gasteiger partial charge in [0.1, 0.15) is 0 Å². The highest BCUT2D eigenvalue weighted by Crippen LogP contribution is 2.29. The van der Waals surface area contributed by atoms with Gasteiger partial charge >= 0.3 is 0 Å². The molecule has 3 aromatic rings. The molecule has 2 aromatic carbocycles. The molecule has 0 bridgehead atoms. The number of benzene rings is 2. The van der Waals surface area contributed by atoms with Crippen molar-refractivity contribution in [2.45, 2.75) is 19.5 Å². The number of hydrogen-bond acceptors (Lipinski definition) is 3. The molecule has 0 saturated heterocycles. The van der Waals surface area contributed by atoms with Gasteiger partial charge in [0.05, 0.1) is 11.4 Å². The van der Waals surface area contributed by atoms with E-state index < -0.39 is 0 Å². The van der Waals surface area contributed by atoms with Crippen LogP contribution >= 0.6 is 11.6 Å². The Hall–Kier alpha value is -2.23. The van der Waals surface area contributed by atoms with E-state index in [1.807, 2.05) is 24.3 Å². The minimum absolute atomic E-state index is 0.328. The Labute approximate surface area is 147 Å². The molecule has 1 aromatic heterocycles. The van der Waals surface area contributed by atoms with Crippen LogP contribution in [-0.4, -0.2) is 21.4 Å². The van der Waals surface area contributed by atoms with Gasteiger partial charge in [0.15, 0.2) is 0 Å². The van der Waals surface area contributed by atoms with E-state index in [4.69, 9.17) is 11.6 Å². The highest BCUT2D eigenvalue weighted by molar-refractivity contribution is 6.28. The first kappa shape index (κ1) is 15.3. The van der Waals surface area contributed by atoms with Gasteiger partial charge in [-0.2, -0.15) is 0 Å². The lowest BCUT2D eigenvalue weighted by molar-refractivity contribution is 0.241. The molecule has 3 nitrogen and oxygen atoms in total. The van der Waals surface area contributed by atoms with E-state index in [2.05, 4.69) is 51.3 Å². The van der Waals surface area contributed by atoms with Crippen LogP contribution in [0.4, 0.5) is 0 Å². The fourth-order valence-corrected chi connectivity index (χ4v) is 3.45. The Morgan fingerprint density at radius 2 is 1.62 bits per heavy atom. The van der Waals surface area contributed by atoms with Crippen LogP contribution in [0.2, 0.25) is 5.28 Å². The summed E-state index contributed by atoms with van der Waals surface area (Å²) < 4.78 is 0. The van der Waals surface area contributed by atoms with Crippen molar-refractivity contribution in [1.82, 2.24) is 14.9 Å². The first-order valence-electron chi connectivity index (χ1n) is 8.16. The number of aromatic nitrogens is 2. The van der Waals surface area contributed by atoms with Crippen molar-refractivity contribution in [2.24, 2.45) is 0 Å². The Bertz CT molecular complexity index is 834. The van der Waals surface area contributed by atoms with Crippen molar-refractivity contribution in [3.8, 4) is 11.3 Å². The Morgan fingerprint density at radius 1 is 0.917 bits per heavy atom. The monoisotopic (exact) mass is 335 g/mol. The second-order valence-electron chi connectivity index (χ2n) is 6.08. The summed E-state index contributed by atoms with van der Waals surface area (Å²) in [7, 11) is 0. The first-order valence-corrected chi connectivity index (χ1v) is 8.54. The molecule has 24 heavy (non-hydrogen) atoms. The van der Waals surface area contributed by atoms with E-state index in [1.165, 1.54) is 11.1 Å². The third-order valence-electron chi connectivity index (χ3n) is 4.41. The summed E-state index contributed by atoms with van der Waals surface area (Å²) in [5.74, 6) is 0. The third-order valence-corrected chi connectivity index (χ3v) is 4.58. The lowest BCUT2D eigenvalue weighted by atomic mass is 9.98. The molecule has 4 rings (SSSR count). The van der Waals surface area contributed by atoms with Crippen molar-refractivity contribution in [2.75, 3.05) is 6.54 Å². The summed E-state index contributed by atoms with van der Waals surface area (Å²) in [6, 6.07) is 20.8. The van der Waals surface area contributed by atoms with Gasteiger partial charge in [-0.05, 0) is 23.6 Å². The predicted molar refractivity (Wildman–Crippen MR) is 96.7 cm³/mol. The second-order valence-corrected chi connectivity index (χ2v) is 6.42. The molecular formula is C20H18ClN3. The molecule has 120 valence electrons. The molecule has 4 heteroatoms. The highest BCUT2D eigenvalue weighted by atomic mass is 35.5. The fraction of sp³-hybridized carbons (Fsp3) is 0.200. The van der Waals surface area contributed by atoms with Crippen LogP contribution in [0.25, 0.3) is 11.3 Å². The smallest absolute Gasteiger partial charge is 0.223 e. The zero-order valence-corrected chi connectivity index (χ0v) is 14.1. The van der Waals surface area contributed by atoms with Crippen LogP contribution in [0.3, 0.4) is 0 Å². The molecule has 2 heterocycles. The lowest BCUT2D eigenvalue weighted by Gasteiger charge is -2.29. The molecule has 1 aliphatic rings. The summed E-state index contributed by atoms with van der Waals surface area (Å²) in [4.78, 5) is 11.4. The lowest BCUT2D eigenvalue weighted by Crippen LogP contribution is -2.31. The van der Waals surface area contributed by atoms with Gasteiger partial charge in [-0.1, -0.05) is 60.7 Å². The second kappa shape index (κ2) is 6.71. The number of hydrogen-bond donors (Lipinski definition) is 0. The van der Waals surface area contributed by atoms with E-state index in [1.54, 1.807) is 0 Å². The maximum atomic E-state index is 6.20. The van der Waals surface area contributed by atoms with Crippen molar-refractivity contribution in [3.05, 3.63) is 82.8 Å². The van der Waals surface area contributed by atoms with Gasteiger partial charge < -0.3 is 0 Å². The zero-order valence-electron chi connectivity index (χ0n) is 13.3. The van der Waals surface area contributed by atoms with Gasteiger partial charge in [-0.25, -0.2) is 9.97 Å². The van der Waals surface area contributed by atoms with Gasteiger partial charge in [0, 0.05) is 30.8 Å². The van der Waals surface area contributed by atoms with E-state index in [9.17, 15) is 0 Å². The van der Waals surface area contributed by atoms with Crippen LogP contribution in [0, 0.1) is 0 Å². The van der Waals surface area contributed by atoms with Crippen molar-refractivity contribution in [1.29, 1.82) is 0 Å². The minimum atomic E-state index is 0.328. The Kier molecular flexibility index (Phi) is 4.28. The average molecular weight is 336 g/mol. The standard InChI is InChI=1S/C20H18ClN3/c21-20-22-18-14-24(13-15-7-3-1-4-8-15)12-11-17(18)19(23-20)16-9-5-2-6-10-16/h1-10H,11-14H2. The van der Waals surface area contributed by atoms with Crippen molar-refractivity contribution in [3.63, 3.8) is 0 Å². The minimum Gasteiger partial charge on any atom is -0.293 e. The summed E-state index contributed by atoms with van der Waals surface area (Å²) in [5.41, 5.74) is 5.69. The summed E-state index contributed by atoms with van der Waals surface area (Å²) in [6.07, 6.45) is 0.948. The fourth-order valence-electron chi connectivity index (χ4n) is 3.27. The predicted octanol–water partition coefficient (Wildman–Crippen LogP) is 4.36. The molecule has 0 N–H and O–H groups in total. The van der Waals surface area contributed by atoms with E-state index in [-0.39, 0.29) is 0 Å². The molecular weight excluding hydrogens is 318 g/mol. The highest BCUT2D eigenvalue weighted by Gasteiger charge is 2.22. The van der Waals surface area contributed by atoms with E-state index >= 15 is 0 Å². The van der Waals surface area contributed by atoms with Crippen LogP contribution in [0.5, 0.6) is 0 Å². The number of fused-ring (bicyclic) bond motifs is 1. The summed E-state index contributed by atoms with van der Waals surface area (Å²) in [5, 5.41) is 0.328. The SMILES string of the molecule is Clc1nc2c(c(-c3ccccc3)n1)CCN(Cc1ccccc1)C2. The molecule has 0 unspecified atom stereocenters. The van der Waals surface area contributed by atoms with Crippen LogP contribution in [0.15, 0.2) is 60.7 Å².